The van der Waals surface area contributed by atoms with Gasteiger partial charge >= 0.3 is 0 Å². The number of nitrogens with two attached hydrogens (primary N) is 1. The zero-order chi connectivity index (χ0) is 21.3. The quantitative estimate of drug-likeness (QED) is 0.622. The molecular weight excluding hydrogens is 395 g/mol. The van der Waals surface area contributed by atoms with E-state index in [1.165, 1.54) is 31.3 Å². The Labute approximate surface area is 168 Å². The molecule has 0 atom stereocenters. The third-order valence-corrected chi connectivity index (χ3v) is 6.54. The van der Waals surface area contributed by atoms with Crippen molar-refractivity contribution in [1.82, 2.24) is 14.3 Å². The van der Waals surface area contributed by atoms with E-state index < -0.39 is 21.1 Å². The molecule has 0 aliphatic rings. The van der Waals surface area contributed by atoms with E-state index in [1.54, 1.807) is 38.1 Å². The first-order valence-corrected chi connectivity index (χ1v) is 10.4. The molecule has 0 spiro atoms. The third kappa shape index (κ3) is 3.86. The first-order valence-electron chi connectivity index (χ1n) is 8.87. The number of benzene rings is 2. The smallest absolute Gasteiger partial charge is 0.244 e. The van der Waals surface area contributed by atoms with Crippen LogP contribution in [0.1, 0.15) is 25.0 Å². The van der Waals surface area contributed by atoms with Gasteiger partial charge in [0.2, 0.25) is 21.9 Å². The largest absolute Gasteiger partial charge is 0.368 e. The number of nitrogen functional groups attached to an aromatic ring is 1. The molecule has 0 fully saturated rings. The summed E-state index contributed by atoms with van der Waals surface area (Å²) in [7, 11) is -2.28. The monoisotopic (exact) mass is 416 g/mol. The number of aromatic nitrogens is 2. The van der Waals surface area contributed by atoms with Crippen LogP contribution in [-0.2, 0) is 14.8 Å². The molecular formula is C20H21FN4O3S. The lowest BCUT2D eigenvalue weighted by molar-refractivity contribution is -0.116. The molecule has 0 unspecified atom stereocenters. The highest BCUT2D eigenvalue weighted by Crippen LogP contribution is 2.29. The van der Waals surface area contributed by atoms with Crippen molar-refractivity contribution in [3.8, 4) is 0 Å². The number of amides is 1. The minimum absolute atomic E-state index is 0.145. The van der Waals surface area contributed by atoms with E-state index in [0.717, 1.165) is 3.97 Å². The Balaban J connectivity index is 2.29. The van der Waals surface area contributed by atoms with Crippen LogP contribution < -0.4 is 11.1 Å². The second-order valence-electron chi connectivity index (χ2n) is 6.71. The number of hydrogen-bond acceptors (Lipinski definition) is 5. The molecule has 3 N–H and O–H groups in total. The lowest BCUT2D eigenvalue weighted by Crippen LogP contribution is -2.23. The number of nitrogens with zero attached hydrogens (tertiary/aromatic N) is 2. The number of hydrogen-bond donors (Lipinski definition) is 2. The van der Waals surface area contributed by atoms with Crippen molar-refractivity contribution in [2.75, 3.05) is 12.8 Å². The van der Waals surface area contributed by atoms with Crippen LogP contribution in [-0.4, -0.2) is 35.6 Å². The van der Waals surface area contributed by atoms with Crippen LogP contribution >= 0.6 is 0 Å². The summed E-state index contributed by atoms with van der Waals surface area (Å²) in [5.41, 5.74) is 7.98. The summed E-state index contributed by atoms with van der Waals surface area (Å²) in [5.74, 6) is -0.983. The van der Waals surface area contributed by atoms with Gasteiger partial charge in [0.15, 0.2) is 0 Å². The number of likely N-dealkylation sites (N-methyl/N-ethyl adjacent to an activating group) is 1. The Hall–Kier alpha value is -3.20. The Bertz CT molecular complexity index is 1230. The van der Waals surface area contributed by atoms with Crippen LogP contribution in [0.2, 0.25) is 0 Å². The number of halogens is 1. The molecule has 2 aromatic carbocycles. The number of nitrogens with one attached hydrogen (secondary N) is 1. The zero-order valence-corrected chi connectivity index (χ0v) is 17.0. The lowest BCUT2D eigenvalue weighted by atomic mass is 9.97. The van der Waals surface area contributed by atoms with Gasteiger partial charge in [0, 0.05) is 13.1 Å². The summed E-state index contributed by atoms with van der Waals surface area (Å²) < 4.78 is 40.3. The fourth-order valence-corrected chi connectivity index (χ4v) is 4.05. The van der Waals surface area contributed by atoms with E-state index in [-0.39, 0.29) is 17.4 Å². The van der Waals surface area contributed by atoms with Crippen LogP contribution in [0.15, 0.2) is 48.5 Å². The van der Waals surface area contributed by atoms with E-state index in [2.05, 4.69) is 10.3 Å². The third-order valence-electron chi connectivity index (χ3n) is 4.46. The van der Waals surface area contributed by atoms with Crippen molar-refractivity contribution in [3.63, 3.8) is 0 Å². The molecule has 29 heavy (non-hydrogen) atoms. The van der Waals surface area contributed by atoms with Crippen LogP contribution in [0.25, 0.3) is 16.6 Å². The Morgan fingerprint density at radius 1 is 1.21 bits per heavy atom. The van der Waals surface area contributed by atoms with Gasteiger partial charge in [-0.25, -0.2) is 21.8 Å². The second-order valence-corrected chi connectivity index (χ2v) is 9.05. The van der Waals surface area contributed by atoms with Gasteiger partial charge in [-0.3, -0.25) is 4.79 Å². The number of imidazole rings is 1. The van der Waals surface area contributed by atoms with Crippen molar-refractivity contribution in [2.24, 2.45) is 0 Å². The van der Waals surface area contributed by atoms with Crippen molar-refractivity contribution in [3.05, 3.63) is 65.5 Å². The van der Waals surface area contributed by atoms with Gasteiger partial charge in [-0.05, 0) is 54.8 Å². The van der Waals surface area contributed by atoms with Crippen molar-refractivity contribution in [1.29, 1.82) is 0 Å². The van der Waals surface area contributed by atoms with E-state index in [9.17, 15) is 17.6 Å². The molecule has 0 aliphatic heterocycles. The highest BCUT2D eigenvalue weighted by Gasteiger charge is 2.25. The fourth-order valence-electron chi connectivity index (χ4n) is 2.91. The fraction of sp³-hybridized carbons (Fsp3) is 0.200. The normalized spacial score (nSPS) is 12.5. The van der Waals surface area contributed by atoms with Gasteiger partial charge in [0.25, 0.3) is 0 Å². The summed E-state index contributed by atoms with van der Waals surface area (Å²) >= 11 is 0. The summed E-state index contributed by atoms with van der Waals surface area (Å²) in [6, 6.07) is 10.7. The summed E-state index contributed by atoms with van der Waals surface area (Å²) in [5, 5.41) is 1.79. The Kier molecular flexibility index (Phi) is 5.43. The predicted octanol–water partition coefficient (Wildman–Crippen LogP) is 2.52. The van der Waals surface area contributed by atoms with Gasteiger partial charge in [0.05, 0.1) is 16.3 Å². The molecule has 1 amide bonds. The minimum Gasteiger partial charge on any atom is -0.368 e. The number of fused-ring (bicyclic) bond motifs is 1. The molecule has 7 nitrogen and oxygen atoms in total. The first kappa shape index (κ1) is 20.5. The molecule has 3 aromatic rings. The van der Waals surface area contributed by atoms with E-state index in [0.29, 0.717) is 22.2 Å². The average Bonchev–Trinajstić information content (AvgIpc) is 3.01. The highest BCUT2D eigenvalue weighted by atomic mass is 32.2. The maximum atomic E-state index is 13.8. The first-order chi connectivity index (χ1) is 13.6. The van der Waals surface area contributed by atoms with Gasteiger partial charge in [0.1, 0.15) is 5.82 Å². The topological polar surface area (TPSA) is 107 Å². The van der Waals surface area contributed by atoms with Gasteiger partial charge in [-0.15, -0.1) is 0 Å². The SMILES string of the molecule is CNC(=O)/C=C(\c1cccc(F)c1)c1ccc2nc(N)n(S(=O)(=O)C(C)C)c2c1. The van der Waals surface area contributed by atoms with Crippen molar-refractivity contribution in [2.45, 2.75) is 19.1 Å². The summed E-state index contributed by atoms with van der Waals surface area (Å²) in [6.07, 6.45) is 1.33. The Morgan fingerprint density at radius 2 is 1.90 bits per heavy atom. The van der Waals surface area contributed by atoms with E-state index in [4.69, 9.17) is 5.73 Å². The van der Waals surface area contributed by atoms with Gasteiger partial charge in [-0.2, -0.15) is 0 Å². The molecule has 1 heterocycles. The maximum absolute atomic E-state index is 13.8. The van der Waals surface area contributed by atoms with Crippen molar-refractivity contribution >= 4 is 38.5 Å². The van der Waals surface area contributed by atoms with E-state index in [1.807, 2.05) is 0 Å². The van der Waals surface area contributed by atoms with Crippen molar-refractivity contribution < 1.29 is 17.6 Å². The second kappa shape index (κ2) is 7.67. The standard InChI is InChI=1S/C20H21FN4O3S/c1-12(2)29(27,28)25-18-10-14(7-8-17(18)24-20(25)22)16(11-19(26)23-3)13-5-4-6-15(21)9-13/h4-12H,1-3H3,(H2,22,24)(H,23,26)/b16-11+. The van der Waals surface area contributed by atoms with Crippen LogP contribution in [0.5, 0.6) is 0 Å². The molecule has 0 radical (unpaired) electrons. The number of rotatable bonds is 5. The molecule has 0 aliphatic carbocycles. The molecule has 9 heteroatoms. The maximum Gasteiger partial charge on any atom is 0.244 e. The molecule has 0 saturated heterocycles. The predicted molar refractivity (Wildman–Crippen MR) is 111 cm³/mol. The molecule has 3 rings (SSSR count). The number of carbonyl (C=O) groups excluding carboxylic acids is 1. The summed E-state index contributed by atoms with van der Waals surface area (Å²) in [6.45, 7) is 3.10. The lowest BCUT2D eigenvalue weighted by Gasteiger charge is -2.13. The zero-order valence-electron chi connectivity index (χ0n) is 16.2. The highest BCUT2D eigenvalue weighted by molar-refractivity contribution is 7.90. The molecule has 1 aromatic heterocycles. The van der Waals surface area contributed by atoms with E-state index >= 15 is 0 Å². The number of carbonyl (C=O) groups is 1. The summed E-state index contributed by atoms with van der Waals surface area (Å²) in [4.78, 5) is 16.2. The van der Waals surface area contributed by atoms with Gasteiger partial charge in [-0.1, -0.05) is 18.2 Å². The minimum atomic E-state index is -3.76. The molecule has 0 saturated carbocycles. The van der Waals surface area contributed by atoms with Gasteiger partial charge < -0.3 is 11.1 Å². The van der Waals surface area contributed by atoms with Crippen LogP contribution in [0, 0.1) is 5.82 Å². The molecule has 152 valence electrons. The molecule has 0 bridgehead atoms. The number of anilines is 1. The average molecular weight is 416 g/mol. The Morgan fingerprint density at radius 3 is 2.52 bits per heavy atom. The van der Waals surface area contributed by atoms with Crippen LogP contribution in [0.3, 0.4) is 0 Å². The van der Waals surface area contributed by atoms with Crippen LogP contribution in [0.4, 0.5) is 10.3 Å².